The molecule has 21 heavy (non-hydrogen) atoms. The maximum absolute atomic E-state index is 12.8. The van der Waals surface area contributed by atoms with E-state index in [0.717, 1.165) is 25.1 Å². The Balaban J connectivity index is 2.26. The highest BCUT2D eigenvalue weighted by molar-refractivity contribution is 7.89. The predicted molar refractivity (Wildman–Crippen MR) is 81.4 cm³/mol. The van der Waals surface area contributed by atoms with Crippen molar-refractivity contribution in [2.45, 2.75) is 50.8 Å². The zero-order valence-corrected chi connectivity index (χ0v) is 13.6. The number of nitrogens with two attached hydrogens (primary N) is 1. The van der Waals surface area contributed by atoms with Gasteiger partial charge in [-0.2, -0.15) is 4.31 Å². The molecule has 0 radical (unpaired) electrons. The van der Waals surface area contributed by atoms with E-state index in [9.17, 15) is 8.42 Å². The van der Waals surface area contributed by atoms with Crippen molar-refractivity contribution in [3.8, 4) is 0 Å². The van der Waals surface area contributed by atoms with E-state index in [4.69, 9.17) is 10.5 Å². The molecule has 1 aromatic heterocycles. The minimum atomic E-state index is -3.46. The first-order chi connectivity index (χ1) is 10.0. The fourth-order valence-electron chi connectivity index (χ4n) is 2.59. The third-order valence-electron chi connectivity index (χ3n) is 3.83. The molecule has 1 atom stereocenters. The third-order valence-corrected chi connectivity index (χ3v) is 5.66. The van der Waals surface area contributed by atoms with Gasteiger partial charge >= 0.3 is 0 Å². The Bertz CT molecular complexity index is 568. The standard InChI is InChI=1S/C14H25N3O3S/c1-3-5-16-11-14(8-12(16)9-15)21(18,19)17-6-7-20-13(4-2)10-17/h8,11,13H,3-7,9-10,15H2,1-2H3. The Morgan fingerprint density at radius 2 is 2.19 bits per heavy atom. The zero-order chi connectivity index (χ0) is 15.5. The van der Waals surface area contributed by atoms with Crippen molar-refractivity contribution < 1.29 is 13.2 Å². The van der Waals surface area contributed by atoms with E-state index < -0.39 is 10.0 Å². The summed E-state index contributed by atoms with van der Waals surface area (Å²) in [5, 5.41) is 0. The predicted octanol–water partition coefficient (Wildman–Crippen LogP) is 1.16. The van der Waals surface area contributed by atoms with Gasteiger partial charge in [0.15, 0.2) is 0 Å². The normalized spacial score (nSPS) is 20.8. The van der Waals surface area contributed by atoms with E-state index in [1.807, 2.05) is 11.5 Å². The highest BCUT2D eigenvalue weighted by Crippen LogP contribution is 2.22. The summed E-state index contributed by atoms with van der Waals surface area (Å²) in [6, 6.07) is 1.70. The molecule has 0 spiro atoms. The quantitative estimate of drug-likeness (QED) is 0.854. The number of rotatable bonds is 6. The van der Waals surface area contributed by atoms with E-state index in [-0.39, 0.29) is 6.10 Å². The second kappa shape index (κ2) is 6.91. The number of morpholine rings is 1. The first kappa shape index (κ1) is 16.5. The highest BCUT2D eigenvalue weighted by atomic mass is 32.2. The maximum atomic E-state index is 12.8. The molecule has 1 aliphatic rings. The van der Waals surface area contributed by atoms with Gasteiger partial charge in [0.25, 0.3) is 0 Å². The molecule has 120 valence electrons. The van der Waals surface area contributed by atoms with Crippen molar-refractivity contribution in [2.75, 3.05) is 19.7 Å². The highest BCUT2D eigenvalue weighted by Gasteiger charge is 2.31. The summed E-state index contributed by atoms with van der Waals surface area (Å²) in [7, 11) is -3.46. The number of hydrogen-bond donors (Lipinski definition) is 1. The third kappa shape index (κ3) is 3.48. The van der Waals surface area contributed by atoms with Crippen LogP contribution in [0.5, 0.6) is 0 Å². The van der Waals surface area contributed by atoms with Gasteiger partial charge in [-0.1, -0.05) is 13.8 Å². The monoisotopic (exact) mass is 315 g/mol. The average Bonchev–Trinajstić information content (AvgIpc) is 2.91. The van der Waals surface area contributed by atoms with Crippen LogP contribution in [0.4, 0.5) is 0 Å². The van der Waals surface area contributed by atoms with Crippen molar-refractivity contribution in [3.63, 3.8) is 0 Å². The van der Waals surface area contributed by atoms with Gasteiger partial charge in [-0.25, -0.2) is 8.42 Å². The van der Waals surface area contributed by atoms with E-state index in [2.05, 4.69) is 6.92 Å². The molecule has 0 amide bonds. The number of sulfonamides is 1. The van der Waals surface area contributed by atoms with Crippen LogP contribution in [-0.4, -0.2) is 43.1 Å². The SMILES string of the molecule is CCCn1cc(S(=O)(=O)N2CCOC(CC)C2)cc1CN. The second-order valence-corrected chi connectivity index (χ2v) is 7.27. The molecule has 6 nitrogen and oxygen atoms in total. The summed E-state index contributed by atoms with van der Waals surface area (Å²) in [6.45, 7) is 6.48. The number of ether oxygens (including phenoxy) is 1. The molecule has 2 rings (SSSR count). The minimum Gasteiger partial charge on any atom is -0.375 e. The van der Waals surface area contributed by atoms with Crippen LogP contribution in [-0.2, 0) is 27.8 Å². The van der Waals surface area contributed by atoms with Crippen LogP contribution >= 0.6 is 0 Å². The Hall–Kier alpha value is -0.890. The van der Waals surface area contributed by atoms with Crippen molar-refractivity contribution in [2.24, 2.45) is 5.73 Å². The van der Waals surface area contributed by atoms with Gasteiger partial charge in [-0.3, -0.25) is 0 Å². The molecule has 2 N–H and O–H groups in total. The van der Waals surface area contributed by atoms with E-state index >= 15 is 0 Å². The Kier molecular flexibility index (Phi) is 5.43. The lowest BCUT2D eigenvalue weighted by Gasteiger charge is -2.31. The summed E-state index contributed by atoms with van der Waals surface area (Å²) in [6.07, 6.45) is 3.45. The first-order valence-corrected chi connectivity index (χ1v) is 8.97. The number of aromatic nitrogens is 1. The lowest BCUT2D eigenvalue weighted by atomic mass is 10.2. The molecular weight excluding hydrogens is 290 g/mol. The van der Waals surface area contributed by atoms with Crippen molar-refractivity contribution in [3.05, 3.63) is 18.0 Å². The maximum Gasteiger partial charge on any atom is 0.244 e. The molecular formula is C14H25N3O3S. The van der Waals surface area contributed by atoms with Crippen molar-refractivity contribution in [1.29, 1.82) is 0 Å². The molecule has 1 aromatic rings. The van der Waals surface area contributed by atoms with Crippen LogP contribution in [0.2, 0.25) is 0 Å². The van der Waals surface area contributed by atoms with E-state index in [1.54, 1.807) is 12.3 Å². The molecule has 1 saturated heterocycles. The van der Waals surface area contributed by atoms with Crippen LogP contribution in [0, 0.1) is 0 Å². The number of nitrogens with zero attached hydrogens (tertiary/aromatic N) is 2. The van der Waals surface area contributed by atoms with E-state index in [1.165, 1.54) is 4.31 Å². The number of aryl methyl sites for hydroxylation is 1. The summed E-state index contributed by atoms with van der Waals surface area (Å²) in [5.74, 6) is 0. The second-order valence-electron chi connectivity index (χ2n) is 5.33. The molecule has 1 aliphatic heterocycles. The molecule has 0 aliphatic carbocycles. The van der Waals surface area contributed by atoms with Gasteiger partial charge in [0.05, 0.1) is 12.7 Å². The summed E-state index contributed by atoms with van der Waals surface area (Å²) >= 11 is 0. The van der Waals surface area contributed by atoms with Gasteiger partial charge in [0.1, 0.15) is 4.90 Å². The van der Waals surface area contributed by atoms with Crippen LogP contribution < -0.4 is 5.73 Å². The molecule has 7 heteroatoms. The average molecular weight is 315 g/mol. The van der Waals surface area contributed by atoms with E-state index in [0.29, 0.717) is 31.1 Å². The Labute approximate surface area is 126 Å². The van der Waals surface area contributed by atoms with Gasteiger partial charge in [-0.05, 0) is 18.9 Å². The molecule has 1 fully saturated rings. The lowest BCUT2D eigenvalue weighted by molar-refractivity contribution is -0.00277. The summed E-state index contributed by atoms with van der Waals surface area (Å²) in [4.78, 5) is 0.341. The fourth-order valence-corrected chi connectivity index (χ4v) is 4.11. The first-order valence-electron chi connectivity index (χ1n) is 7.53. The molecule has 0 aromatic carbocycles. The number of hydrogen-bond acceptors (Lipinski definition) is 4. The van der Waals surface area contributed by atoms with Gasteiger partial charge < -0.3 is 15.0 Å². The van der Waals surface area contributed by atoms with Crippen LogP contribution in [0.15, 0.2) is 17.2 Å². The smallest absolute Gasteiger partial charge is 0.244 e. The molecule has 0 bridgehead atoms. The minimum absolute atomic E-state index is 0.0137. The van der Waals surface area contributed by atoms with Crippen molar-refractivity contribution >= 4 is 10.0 Å². The Morgan fingerprint density at radius 1 is 1.43 bits per heavy atom. The van der Waals surface area contributed by atoms with Crippen LogP contribution in [0.25, 0.3) is 0 Å². The van der Waals surface area contributed by atoms with Gasteiger partial charge in [0, 0.05) is 38.1 Å². The Morgan fingerprint density at radius 3 is 2.81 bits per heavy atom. The molecule has 2 heterocycles. The fraction of sp³-hybridized carbons (Fsp3) is 0.714. The largest absolute Gasteiger partial charge is 0.375 e. The lowest BCUT2D eigenvalue weighted by Crippen LogP contribution is -2.45. The van der Waals surface area contributed by atoms with Crippen LogP contribution in [0.3, 0.4) is 0 Å². The molecule has 0 saturated carbocycles. The summed E-state index contributed by atoms with van der Waals surface area (Å²) < 4.78 is 34.5. The van der Waals surface area contributed by atoms with Crippen molar-refractivity contribution in [1.82, 2.24) is 8.87 Å². The van der Waals surface area contributed by atoms with Gasteiger partial charge in [-0.15, -0.1) is 0 Å². The van der Waals surface area contributed by atoms with Crippen LogP contribution in [0.1, 0.15) is 32.4 Å². The topological polar surface area (TPSA) is 77.6 Å². The zero-order valence-electron chi connectivity index (χ0n) is 12.8. The van der Waals surface area contributed by atoms with Gasteiger partial charge in [0.2, 0.25) is 10.0 Å². The molecule has 1 unspecified atom stereocenters. The summed E-state index contributed by atoms with van der Waals surface area (Å²) in [5.41, 5.74) is 6.57.